The number of carbonyl (C=O) groups excluding carboxylic acids is 2. The normalized spacial score (nSPS) is 16.1. The molecule has 1 atom stereocenters. The highest BCUT2D eigenvalue weighted by atomic mass is 32.2. The fourth-order valence-electron chi connectivity index (χ4n) is 3.37. The number of hydrogen-bond acceptors (Lipinski definition) is 5. The summed E-state index contributed by atoms with van der Waals surface area (Å²) in [6, 6.07) is 15.2. The minimum absolute atomic E-state index is 0.293. The topological polar surface area (TPSA) is 64.7 Å². The van der Waals surface area contributed by atoms with Crippen molar-refractivity contribution in [2.24, 2.45) is 0 Å². The molecule has 1 saturated heterocycles. The van der Waals surface area contributed by atoms with Crippen molar-refractivity contribution in [1.29, 1.82) is 0 Å². The lowest BCUT2D eigenvalue weighted by Crippen LogP contribution is -2.48. The molecule has 0 radical (unpaired) electrons. The summed E-state index contributed by atoms with van der Waals surface area (Å²) in [5.74, 6) is -4.16. The standard InChI is InChI=1S/C22H26F2N4O2S/c1-27-10-12-28(13-11-27)15-19(16-6-3-2-4-7-16)26-21(30)20(29)25-17-8-5-9-18(14-17)31-22(23)24/h2-9,14,19,22H,10-13,15H2,1H3,(H,25,29)(H,26,30)/t19-/m1/s1. The third-order valence-electron chi connectivity index (χ3n) is 5.07. The minimum Gasteiger partial charge on any atom is -0.340 e. The maximum absolute atomic E-state index is 12.6. The Hall–Kier alpha value is -2.49. The fourth-order valence-corrected chi connectivity index (χ4v) is 3.93. The monoisotopic (exact) mass is 448 g/mol. The first-order valence-corrected chi connectivity index (χ1v) is 10.9. The molecule has 166 valence electrons. The highest BCUT2D eigenvalue weighted by molar-refractivity contribution is 7.99. The van der Waals surface area contributed by atoms with E-state index in [0.717, 1.165) is 31.7 Å². The summed E-state index contributed by atoms with van der Waals surface area (Å²) in [7, 11) is 2.08. The van der Waals surface area contributed by atoms with Crippen LogP contribution in [0.2, 0.25) is 0 Å². The van der Waals surface area contributed by atoms with E-state index in [2.05, 4.69) is 27.5 Å². The Morgan fingerprint density at radius 2 is 1.71 bits per heavy atom. The molecule has 0 saturated carbocycles. The molecule has 31 heavy (non-hydrogen) atoms. The summed E-state index contributed by atoms with van der Waals surface area (Å²) >= 11 is 0.381. The van der Waals surface area contributed by atoms with Gasteiger partial charge in [0, 0.05) is 43.3 Å². The number of benzene rings is 2. The number of rotatable bonds is 7. The van der Waals surface area contributed by atoms with Crippen molar-refractivity contribution in [1.82, 2.24) is 15.1 Å². The number of hydrogen-bond donors (Lipinski definition) is 2. The Labute approximate surface area is 185 Å². The SMILES string of the molecule is CN1CCN(C[C@@H](NC(=O)C(=O)Nc2cccc(SC(F)F)c2)c2ccccc2)CC1. The Kier molecular flexibility index (Phi) is 8.39. The molecule has 2 amide bonds. The first-order chi connectivity index (χ1) is 14.9. The number of carbonyl (C=O) groups is 2. The summed E-state index contributed by atoms with van der Waals surface area (Å²) < 4.78 is 25.1. The molecule has 2 aromatic carbocycles. The highest BCUT2D eigenvalue weighted by Crippen LogP contribution is 2.27. The Morgan fingerprint density at radius 1 is 1.00 bits per heavy atom. The third-order valence-corrected chi connectivity index (χ3v) is 5.77. The average Bonchev–Trinajstić information content (AvgIpc) is 2.75. The van der Waals surface area contributed by atoms with Gasteiger partial charge in [-0.25, -0.2) is 0 Å². The molecule has 0 unspecified atom stereocenters. The van der Waals surface area contributed by atoms with Crippen molar-refractivity contribution in [3.63, 3.8) is 0 Å². The lowest BCUT2D eigenvalue weighted by Gasteiger charge is -2.35. The molecule has 0 aromatic heterocycles. The minimum atomic E-state index is -2.56. The second-order valence-corrected chi connectivity index (χ2v) is 8.46. The molecule has 1 aliphatic rings. The fraction of sp³-hybridized carbons (Fsp3) is 0.364. The lowest BCUT2D eigenvalue weighted by atomic mass is 10.1. The molecule has 2 N–H and O–H groups in total. The molecule has 1 heterocycles. The van der Waals surface area contributed by atoms with Crippen molar-refractivity contribution < 1.29 is 18.4 Å². The second kappa shape index (κ2) is 11.2. The number of halogens is 2. The number of alkyl halides is 2. The quantitative estimate of drug-likeness (QED) is 0.504. The first-order valence-electron chi connectivity index (χ1n) is 10.0. The molecule has 1 fully saturated rings. The van der Waals surface area contributed by atoms with Gasteiger partial charge in [0.1, 0.15) is 0 Å². The van der Waals surface area contributed by atoms with Gasteiger partial charge in [0.25, 0.3) is 5.76 Å². The van der Waals surface area contributed by atoms with Gasteiger partial charge in [-0.05, 0) is 30.8 Å². The number of nitrogens with one attached hydrogen (secondary N) is 2. The molecule has 3 rings (SSSR count). The van der Waals surface area contributed by atoms with Crippen molar-refractivity contribution >= 4 is 29.3 Å². The number of nitrogens with zero attached hydrogens (tertiary/aromatic N) is 2. The van der Waals surface area contributed by atoms with Crippen LogP contribution in [0.1, 0.15) is 11.6 Å². The van der Waals surface area contributed by atoms with Crippen LogP contribution in [0.15, 0.2) is 59.5 Å². The van der Waals surface area contributed by atoms with Gasteiger partial charge in [0.2, 0.25) is 0 Å². The van der Waals surface area contributed by atoms with Crippen LogP contribution in [-0.2, 0) is 9.59 Å². The molecule has 6 nitrogen and oxygen atoms in total. The van der Waals surface area contributed by atoms with E-state index < -0.39 is 17.6 Å². The Bertz CT molecular complexity index is 877. The van der Waals surface area contributed by atoms with Crippen molar-refractivity contribution in [3.05, 3.63) is 60.2 Å². The van der Waals surface area contributed by atoms with Gasteiger partial charge in [0.05, 0.1) is 6.04 Å². The van der Waals surface area contributed by atoms with E-state index in [0.29, 0.717) is 28.9 Å². The number of likely N-dealkylation sites (N-methyl/N-ethyl adjacent to an activating group) is 1. The largest absolute Gasteiger partial charge is 0.340 e. The van der Waals surface area contributed by atoms with E-state index in [1.165, 1.54) is 12.1 Å². The van der Waals surface area contributed by atoms with Gasteiger partial charge in [-0.3, -0.25) is 14.5 Å². The Morgan fingerprint density at radius 3 is 2.39 bits per heavy atom. The van der Waals surface area contributed by atoms with E-state index in [-0.39, 0.29) is 6.04 Å². The van der Waals surface area contributed by atoms with Crippen LogP contribution in [0.4, 0.5) is 14.5 Å². The van der Waals surface area contributed by atoms with E-state index in [4.69, 9.17) is 0 Å². The summed E-state index contributed by atoms with van der Waals surface area (Å²) in [6.07, 6.45) is 0. The van der Waals surface area contributed by atoms with E-state index in [1.807, 2.05) is 30.3 Å². The summed E-state index contributed by atoms with van der Waals surface area (Å²) in [6.45, 7) is 4.26. The van der Waals surface area contributed by atoms with Gasteiger partial charge < -0.3 is 15.5 Å². The molecular formula is C22H26F2N4O2S. The third kappa shape index (κ3) is 7.30. The van der Waals surface area contributed by atoms with Gasteiger partial charge in [0.15, 0.2) is 0 Å². The number of thioether (sulfide) groups is 1. The van der Waals surface area contributed by atoms with Gasteiger partial charge in [-0.2, -0.15) is 8.78 Å². The lowest BCUT2D eigenvalue weighted by molar-refractivity contribution is -0.136. The van der Waals surface area contributed by atoms with Crippen LogP contribution < -0.4 is 10.6 Å². The predicted octanol–water partition coefficient (Wildman–Crippen LogP) is 3.04. The smallest absolute Gasteiger partial charge is 0.313 e. The molecule has 9 heteroatoms. The van der Waals surface area contributed by atoms with Gasteiger partial charge in [-0.15, -0.1) is 0 Å². The number of amides is 2. The second-order valence-electron chi connectivity index (χ2n) is 7.40. The van der Waals surface area contributed by atoms with E-state index in [9.17, 15) is 18.4 Å². The molecular weight excluding hydrogens is 422 g/mol. The van der Waals surface area contributed by atoms with Crippen molar-refractivity contribution in [2.45, 2.75) is 16.7 Å². The maximum Gasteiger partial charge on any atom is 0.313 e. The predicted molar refractivity (Wildman–Crippen MR) is 118 cm³/mol. The molecule has 0 spiro atoms. The number of piperazine rings is 1. The van der Waals surface area contributed by atoms with Crippen LogP contribution in [-0.4, -0.2) is 67.1 Å². The van der Waals surface area contributed by atoms with Crippen LogP contribution in [0, 0.1) is 0 Å². The van der Waals surface area contributed by atoms with E-state index >= 15 is 0 Å². The maximum atomic E-state index is 12.6. The summed E-state index contributed by atoms with van der Waals surface area (Å²) in [5.41, 5.74) is 1.21. The van der Waals surface area contributed by atoms with Crippen molar-refractivity contribution in [2.75, 3.05) is 45.1 Å². The van der Waals surface area contributed by atoms with Crippen LogP contribution in [0.3, 0.4) is 0 Å². The summed E-state index contributed by atoms with van der Waals surface area (Å²) in [5, 5.41) is 5.32. The van der Waals surface area contributed by atoms with Crippen LogP contribution >= 0.6 is 11.8 Å². The zero-order valence-electron chi connectivity index (χ0n) is 17.3. The Balaban J connectivity index is 1.64. The average molecular weight is 449 g/mol. The first kappa shape index (κ1) is 23.2. The van der Waals surface area contributed by atoms with Gasteiger partial charge in [-0.1, -0.05) is 48.2 Å². The molecule has 1 aliphatic heterocycles. The van der Waals surface area contributed by atoms with E-state index in [1.54, 1.807) is 12.1 Å². The number of anilines is 1. The molecule has 0 bridgehead atoms. The van der Waals surface area contributed by atoms with Crippen molar-refractivity contribution in [3.8, 4) is 0 Å². The van der Waals surface area contributed by atoms with Crippen LogP contribution in [0.5, 0.6) is 0 Å². The van der Waals surface area contributed by atoms with Gasteiger partial charge >= 0.3 is 11.8 Å². The summed E-state index contributed by atoms with van der Waals surface area (Å²) in [4.78, 5) is 29.9. The zero-order chi connectivity index (χ0) is 22.2. The zero-order valence-corrected chi connectivity index (χ0v) is 18.1. The highest BCUT2D eigenvalue weighted by Gasteiger charge is 2.24. The molecule has 0 aliphatic carbocycles. The molecule has 2 aromatic rings. The van der Waals surface area contributed by atoms with Crippen LogP contribution in [0.25, 0.3) is 0 Å².